The highest BCUT2D eigenvalue weighted by atomic mass is 16.5. The van der Waals surface area contributed by atoms with Gasteiger partial charge in [-0.2, -0.15) is 0 Å². The van der Waals surface area contributed by atoms with Crippen LogP contribution >= 0.6 is 0 Å². The molecule has 0 aliphatic carbocycles. The van der Waals surface area contributed by atoms with Crippen LogP contribution in [0.3, 0.4) is 0 Å². The summed E-state index contributed by atoms with van der Waals surface area (Å²) in [5, 5.41) is 9.30. The molecule has 1 heterocycles. The van der Waals surface area contributed by atoms with Crippen molar-refractivity contribution in [2.45, 2.75) is 13.2 Å². The molecule has 0 aliphatic heterocycles. The number of rotatable bonds is 4. The van der Waals surface area contributed by atoms with E-state index in [9.17, 15) is 5.11 Å². The third-order valence-corrected chi connectivity index (χ3v) is 2.60. The molecule has 0 spiro atoms. The van der Waals surface area contributed by atoms with Crippen LogP contribution in [0.1, 0.15) is 11.3 Å². The van der Waals surface area contributed by atoms with E-state index in [0.29, 0.717) is 18.9 Å². The molecule has 2 aromatic rings. The Kier molecular flexibility index (Phi) is 3.35. The Bertz CT molecular complexity index is 506. The van der Waals surface area contributed by atoms with Gasteiger partial charge in [0, 0.05) is 37.1 Å². The van der Waals surface area contributed by atoms with Gasteiger partial charge in [0.05, 0.1) is 0 Å². The van der Waals surface area contributed by atoms with Crippen LogP contribution in [0.4, 0.5) is 0 Å². The van der Waals surface area contributed by atoms with E-state index in [1.807, 2.05) is 29.9 Å². The third-order valence-electron chi connectivity index (χ3n) is 2.60. The van der Waals surface area contributed by atoms with Crippen LogP contribution in [0.5, 0.6) is 11.5 Å². The Labute approximate surface area is 100 Å². The van der Waals surface area contributed by atoms with Gasteiger partial charge >= 0.3 is 0 Å². The minimum absolute atomic E-state index is 0.207. The van der Waals surface area contributed by atoms with Crippen molar-refractivity contribution < 1.29 is 9.84 Å². The zero-order valence-electron chi connectivity index (χ0n) is 9.76. The summed E-state index contributed by atoms with van der Waals surface area (Å²) in [5.74, 6) is 0.862. The number of hydrogen-bond acceptors (Lipinski definition) is 3. The first-order valence-corrected chi connectivity index (χ1v) is 5.45. The summed E-state index contributed by atoms with van der Waals surface area (Å²) in [5.41, 5.74) is 7.73. The summed E-state index contributed by atoms with van der Waals surface area (Å²) in [7, 11) is 1.96. The molecule has 17 heavy (non-hydrogen) atoms. The van der Waals surface area contributed by atoms with Gasteiger partial charge in [0.2, 0.25) is 0 Å². The number of aromatic hydroxyl groups is 1. The number of aromatic nitrogens is 1. The fraction of sp³-hybridized carbons (Fsp3) is 0.231. The fourth-order valence-corrected chi connectivity index (χ4v) is 1.71. The number of hydrogen-bond donors (Lipinski definition) is 2. The van der Waals surface area contributed by atoms with Crippen molar-refractivity contribution >= 4 is 0 Å². The quantitative estimate of drug-likeness (QED) is 0.844. The van der Waals surface area contributed by atoms with Gasteiger partial charge < -0.3 is 20.1 Å². The maximum atomic E-state index is 9.30. The molecule has 90 valence electrons. The Balaban J connectivity index is 2.02. The van der Waals surface area contributed by atoms with Gasteiger partial charge in [0.1, 0.15) is 18.1 Å². The average molecular weight is 232 g/mol. The average Bonchev–Trinajstić information content (AvgIpc) is 2.67. The Hall–Kier alpha value is -1.94. The van der Waals surface area contributed by atoms with Gasteiger partial charge in [-0.15, -0.1) is 0 Å². The molecule has 0 unspecified atom stereocenters. The maximum Gasteiger partial charge on any atom is 0.123 e. The molecule has 0 amide bonds. The molecular formula is C13H16N2O2. The van der Waals surface area contributed by atoms with E-state index >= 15 is 0 Å². The van der Waals surface area contributed by atoms with Gasteiger partial charge in [0.15, 0.2) is 0 Å². The Morgan fingerprint density at radius 2 is 2.18 bits per heavy atom. The first-order valence-electron chi connectivity index (χ1n) is 5.45. The molecule has 4 heteroatoms. The first kappa shape index (κ1) is 11.5. The van der Waals surface area contributed by atoms with Gasteiger partial charge in [-0.1, -0.05) is 6.07 Å². The highest BCUT2D eigenvalue weighted by Crippen LogP contribution is 2.19. The zero-order chi connectivity index (χ0) is 12.3. The summed E-state index contributed by atoms with van der Waals surface area (Å²) in [6, 6.07) is 8.78. The summed E-state index contributed by atoms with van der Waals surface area (Å²) >= 11 is 0. The molecule has 0 atom stereocenters. The number of phenols is 1. The molecule has 0 fully saturated rings. The van der Waals surface area contributed by atoms with E-state index < -0.39 is 0 Å². The van der Waals surface area contributed by atoms with Crippen molar-refractivity contribution in [2.75, 3.05) is 0 Å². The molecule has 0 saturated heterocycles. The van der Waals surface area contributed by atoms with Gasteiger partial charge in [-0.25, -0.2) is 0 Å². The number of benzene rings is 1. The lowest BCUT2D eigenvalue weighted by molar-refractivity contribution is 0.304. The largest absolute Gasteiger partial charge is 0.508 e. The van der Waals surface area contributed by atoms with E-state index in [0.717, 1.165) is 11.3 Å². The summed E-state index contributed by atoms with van der Waals surface area (Å²) < 4.78 is 7.56. The molecule has 0 radical (unpaired) electrons. The standard InChI is InChI=1S/C13H16N2O2/c1-15-8-10(5-11(15)7-14)9-17-13-4-2-3-12(16)6-13/h2-6,8,16H,7,9,14H2,1H3. The molecule has 1 aromatic heterocycles. The van der Waals surface area contributed by atoms with E-state index in [2.05, 4.69) is 0 Å². The number of nitrogens with zero attached hydrogens (tertiary/aromatic N) is 1. The summed E-state index contributed by atoms with van der Waals surface area (Å²) in [6.07, 6.45) is 1.99. The number of nitrogens with two attached hydrogens (primary N) is 1. The second kappa shape index (κ2) is 4.93. The molecular weight excluding hydrogens is 216 g/mol. The molecule has 3 N–H and O–H groups in total. The van der Waals surface area contributed by atoms with Crippen LogP contribution in [-0.2, 0) is 20.2 Å². The Morgan fingerprint density at radius 3 is 2.82 bits per heavy atom. The van der Waals surface area contributed by atoms with Crippen molar-refractivity contribution in [3.63, 3.8) is 0 Å². The monoisotopic (exact) mass is 232 g/mol. The van der Waals surface area contributed by atoms with Crippen molar-refractivity contribution in [1.82, 2.24) is 4.57 Å². The van der Waals surface area contributed by atoms with Crippen LogP contribution in [0.15, 0.2) is 36.5 Å². The van der Waals surface area contributed by atoms with Crippen LogP contribution in [-0.4, -0.2) is 9.67 Å². The van der Waals surface area contributed by atoms with Gasteiger partial charge in [0.25, 0.3) is 0 Å². The third kappa shape index (κ3) is 2.79. The lowest BCUT2D eigenvalue weighted by Gasteiger charge is -2.04. The van der Waals surface area contributed by atoms with Crippen LogP contribution in [0, 0.1) is 0 Å². The molecule has 4 nitrogen and oxygen atoms in total. The number of ether oxygens (including phenoxy) is 1. The minimum Gasteiger partial charge on any atom is -0.508 e. The van der Waals surface area contributed by atoms with E-state index in [4.69, 9.17) is 10.5 Å². The SMILES string of the molecule is Cn1cc(COc2cccc(O)c2)cc1CN. The Morgan fingerprint density at radius 1 is 1.35 bits per heavy atom. The predicted octanol–water partition coefficient (Wildman–Crippen LogP) is 1.77. The second-order valence-electron chi connectivity index (χ2n) is 3.94. The van der Waals surface area contributed by atoms with E-state index in [1.54, 1.807) is 18.2 Å². The van der Waals surface area contributed by atoms with Crippen LogP contribution < -0.4 is 10.5 Å². The van der Waals surface area contributed by atoms with Gasteiger partial charge in [-0.05, 0) is 18.2 Å². The molecule has 0 saturated carbocycles. The van der Waals surface area contributed by atoms with Gasteiger partial charge in [-0.3, -0.25) is 0 Å². The number of aryl methyl sites for hydroxylation is 1. The fourth-order valence-electron chi connectivity index (χ4n) is 1.71. The normalized spacial score (nSPS) is 10.5. The van der Waals surface area contributed by atoms with Crippen molar-refractivity contribution in [2.24, 2.45) is 12.8 Å². The lowest BCUT2D eigenvalue weighted by Crippen LogP contribution is -2.01. The summed E-state index contributed by atoms with van der Waals surface area (Å²) in [4.78, 5) is 0. The molecule has 0 aliphatic rings. The summed E-state index contributed by atoms with van der Waals surface area (Å²) in [6.45, 7) is 0.986. The smallest absolute Gasteiger partial charge is 0.123 e. The zero-order valence-corrected chi connectivity index (χ0v) is 9.76. The molecule has 2 rings (SSSR count). The second-order valence-corrected chi connectivity index (χ2v) is 3.94. The minimum atomic E-state index is 0.207. The number of phenolic OH excluding ortho intramolecular Hbond substituents is 1. The van der Waals surface area contributed by atoms with Crippen molar-refractivity contribution in [1.29, 1.82) is 0 Å². The van der Waals surface area contributed by atoms with Crippen LogP contribution in [0.2, 0.25) is 0 Å². The highest BCUT2D eigenvalue weighted by Gasteiger charge is 2.02. The lowest BCUT2D eigenvalue weighted by atomic mass is 10.3. The first-order chi connectivity index (χ1) is 8.19. The predicted molar refractivity (Wildman–Crippen MR) is 65.7 cm³/mol. The molecule has 1 aromatic carbocycles. The molecule has 0 bridgehead atoms. The van der Waals surface area contributed by atoms with Crippen LogP contribution in [0.25, 0.3) is 0 Å². The van der Waals surface area contributed by atoms with E-state index in [1.165, 1.54) is 0 Å². The van der Waals surface area contributed by atoms with E-state index in [-0.39, 0.29) is 5.75 Å². The van der Waals surface area contributed by atoms with Crippen molar-refractivity contribution in [3.05, 3.63) is 47.8 Å². The maximum absolute atomic E-state index is 9.30. The topological polar surface area (TPSA) is 60.4 Å². The highest BCUT2D eigenvalue weighted by molar-refractivity contribution is 5.32. The van der Waals surface area contributed by atoms with Crippen molar-refractivity contribution in [3.8, 4) is 11.5 Å².